The SMILES string of the molecule is CCc1nc2cc3c(c(F)c2[nH]c1=O)CN1CCNC[C@@H]1CCO3. The molecule has 3 heterocycles. The number of halogens is 1. The highest BCUT2D eigenvalue weighted by Crippen LogP contribution is 2.31. The summed E-state index contributed by atoms with van der Waals surface area (Å²) in [4.78, 5) is 21.3. The van der Waals surface area contributed by atoms with E-state index in [0.717, 1.165) is 26.1 Å². The zero-order valence-electron chi connectivity index (χ0n) is 13.7. The maximum absolute atomic E-state index is 15.1. The predicted octanol–water partition coefficient (Wildman–Crippen LogP) is 1.18. The largest absolute Gasteiger partial charge is 0.493 e. The Hall–Kier alpha value is -1.99. The fraction of sp³-hybridized carbons (Fsp3) is 0.529. The third kappa shape index (κ3) is 2.57. The van der Waals surface area contributed by atoms with E-state index in [9.17, 15) is 4.79 Å². The van der Waals surface area contributed by atoms with Crippen molar-refractivity contribution in [2.75, 3.05) is 26.2 Å². The Balaban J connectivity index is 1.84. The lowest BCUT2D eigenvalue weighted by atomic mass is 10.0. The molecule has 0 saturated carbocycles. The number of rotatable bonds is 1. The minimum atomic E-state index is -0.422. The maximum Gasteiger partial charge on any atom is 0.270 e. The van der Waals surface area contributed by atoms with Crippen LogP contribution < -0.4 is 15.6 Å². The Kier molecular flexibility index (Phi) is 3.97. The number of hydrogen-bond donors (Lipinski definition) is 2. The third-order valence-electron chi connectivity index (χ3n) is 4.94. The van der Waals surface area contributed by atoms with Gasteiger partial charge in [-0.2, -0.15) is 0 Å². The number of H-pyrrole nitrogens is 1. The number of aromatic nitrogens is 2. The summed E-state index contributed by atoms with van der Waals surface area (Å²) >= 11 is 0. The van der Waals surface area contributed by atoms with Crippen molar-refractivity contribution in [3.63, 3.8) is 0 Å². The number of aromatic amines is 1. The predicted molar refractivity (Wildman–Crippen MR) is 88.9 cm³/mol. The first-order valence-electron chi connectivity index (χ1n) is 8.49. The van der Waals surface area contributed by atoms with Gasteiger partial charge in [0.15, 0.2) is 5.82 Å². The topological polar surface area (TPSA) is 70.2 Å². The molecule has 2 aliphatic rings. The lowest BCUT2D eigenvalue weighted by molar-refractivity contribution is 0.114. The monoisotopic (exact) mass is 332 g/mol. The van der Waals surface area contributed by atoms with Crippen LogP contribution in [0, 0.1) is 5.82 Å². The number of hydrogen-bond acceptors (Lipinski definition) is 5. The highest BCUT2D eigenvalue weighted by molar-refractivity contribution is 5.78. The summed E-state index contributed by atoms with van der Waals surface area (Å²) in [5.74, 6) is 0.118. The molecule has 0 radical (unpaired) electrons. The summed E-state index contributed by atoms with van der Waals surface area (Å²) in [6, 6.07) is 2.10. The Morgan fingerprint density at radius 2 is 2.38 bits per heavy atom. The Bertz CT molecular complexity index is 835. The molecule has 0 spiro atoms. The molecule has 1 saturated heterocycles. The average molecular weight is 332 g/mol. The number of nitrogens with zero attached hydrogens (tertiary/aromatic N) is 2. The fourth-order valence-electron chi connectivity index (χ4n) is 3.56. The normalized spacial score (nSPS) is 21.5. The molecular weight excluding hydrogens is 311 g/mol. The summed E-state index contributed by atoms with van der Waals surface area (Å²) in [6.07, 6.45) is 1.42. The first-order valence-corrected chi connectivity index (χ1v) is 8.49. The Morgan fingerprint density at radius 1 is 1.50 bits per heavy atom. The van der Waals surface area contributed by atoms with Crippen LogP contribution in [-0.2, 0) is 13.0 Å². The van der Waals surface area contributed by atoms with E-state index in [1.807, 2.05) is 6.92 Å². The summed E-state index contributed by atoms with van der Waals surface area (Å²) in [6.45, 7) is 5.57. The smallest absolute Gasteiger partial charge is 0.270 e. The highest BCUT2D eigenvalue weighted by Gasteiger charge is 2.28. The first kappa shape index (κ1) is 15.5. The van der Waals surface area contributed by atoms with Crippen LogP contribution in [0.4, 0.5) is 4.39 Å². The van der Waals surface area contributed by atoms with E-state index in [-0.39, 0.29) is 11.1 Å². The number of piperazine rings is 1. The van der Waals surface area contributed by atoms with Gasteiger partial charge in [0.05, 0.1) is 12.1 Å². The third-order valence-corrected chi connectivity index (χ3v) is 4.94. The lowest BCUT2D eigenvalue weighted by Crippen LogP contribution is -2.51. The quantitative estimate of drug-likeness (QED) is 0.821. The number of ether oxygens (including phenoxy) is 1. The Labute approximate surface area is 139 Å². The van der Waals surface area contributed by atoms with E-state index in [1.54, 1.807) is 6.07 Å². The molecule has 1 fully saturated rings. The van der Waals surface area contributed by atoms with Crippen molar-refractivity contribution in [2.24, 2.45) is 0 Å². The summed E-state index contributed by atoms with van der Waals surface area (Å²) in [5, 5.41) is 3.37. The molecule has 0 bridgehead atoms. The van der Waals surface area contributed by atoms with E-state index in [0.29, 0.717) is 48.1 Å². The van der Waals surface area contributed by atoms with Crippen LogP contribution in [0.5, 0.6) is 5.75 Å². The van der Waals surface area contributed by atoms with Crippen molar-refractivity contribution in [1.29, 1.82) is 0 Å². The van der Waals surface area contributed by atoms with Crippen LogP contribution >= 0.6 is 0 Å². The zero-order chi connectivity index (χ0) is 16.7. The van der Waals surface area contributed by atoms with Crippen LogP contribution in [-0.4, -0.2) is 47.2 Å². The van der Waals surface area contributed by atoms with E-state index in [2.05, 4.69) is 20.2 Å². The van der Waals surface area contributed by atoms with E-state index in [4.69, 9.17) is 4.74 Å². The van der Waals surface area contributed by atoms with Gasteiger partial charge in [-0.15, -0.1) is 0 Å². The molecule has 0 unspecified atom stereocenters. The molecular formula is C17H21FN4O2. The van der Waals surface area contributed by atoms with Crippen LogP contribution in [0.3, 0.4) is 0 Å². The second-order valence-electron chi connectivity index (χ2n) is 6.39. The number of aryl methyl sites for hydroxylation is 1. The van der Waals surface area contributed by atoms with E-state index >= 15 is 4.39 Å². The first-order chi connectivity index (χ1) is 11.7. The van der Waals surface area contributed by atoms with Crippen LogP contribution in [0.1, 0.15) is 24.6 Å². The molecule has 24 heavy (non-hydrogen) atoms. The van der Waals surface area contributed by atoms with Crippen molar-refractivity contribution < 1.29 is 9.13 Å². The van der Waals surface area contributed by atoms with Gasteiger partial charge in [0.1, 0.15) is 17.0 Å². The molecule has 0 aliphatic carbocycles. The summed E-state index contributed by atoms with van der Waals surface area (Å²) in [5.41, 5.74) is 1.22. The minimum Gasteiger partial charge on any atom is -0.493 e. The summed E-state index contributed by atoms with van der Waals surface area (Å²) in [7, 11) is 0. The average Bonchev–Trinajstić information content (AvgIpc) is 2.57. The Morgan fingerprint density at radius 3 is 3.21 bits per heavy atom. The molecule has 1 atom stereocenters. The van der Waals surface area contributed by atoms with Gasteiger partial charge in [0, 0.05) is 43.9 Å². The number of fused-ring (bicyclic) bond motifs is 3. The van der Waals surface area contributed by atoms with Crippen molar-refractivity contribution in [3.8, 4) is 5.75 Å². The summed E-state index contributed by atoms with van der Waals surface area (Å²) < 4.78 is 20.9. The van der Waals surface area contributed by atoms with E-state index < -0.39 is 5.82 Å². The maximum atomic E-state index is 15.1. The van der Waals surface area contributed by atoms with Gasteiger partial charge in [-0.25, -0.2) is 9.37 Å². The van der Waals surface area contributed by atoms with Crippen LogP contribution in [0.2, 0.25) is 0 Å². The molecule has 1 aromatic heterocycles. The molecule has 4 rings (SSSR count). The molecule has 128 valence electrons. The molecule has 2 N–H and O–H groups in total. The molecule has 6 nitrogen and oxygen atoms in total. The van der Waals surface area contributed by atoms with Gasteiger partial charge >= 0.3 is 0 Å². The number of benzene rings is 1. The molecule has 2 aliphatic heterocycles. The molecule has 2 aromatic rings. The van der Waals surface area contributed by atoms with Gasteiger partial charge in [0.2, 0.25) is 0 Å². The second-order valence-corrected chi connectivity index (χ2v) is 6.39. The van der Waals surface area contributed by atoms with E-state index in [1.165, 1.54) is 0 Å². The minimum absolute atomic E-state index is 0.173. The standard InChI is InChI=1S/C17H21FN4O2/c1-2-12-17(23)21-16-13(20-12)7-14-11(15(16)18)9-22-5-4-19-8-10(22)3-6-24-14/h7,10,19H,2-6,8-9H2,1H3,(H,21,23)/t10-/m0/s1. The van der Waals surface area contributed by atoms with Gasteiger partial charge in [-0.3, -0.25) is 9.69 Å². The van der Waals surface area contributed by atoms with Crippen molar-refractivity contribution in [3.05, 3.63) is 33.5 Å². The van der Waals surface area contributed by atoms with Crippen molar-refractivity contribution in [1.82, 2.24) is 20.2 Å². The van der Waals surface area contributed by atoms with Crippen LogP contribution in [0.15, 0.2) is 10.9 Å². The van der Waals surface area contributed by atoms with Crippen LogP contribution in [0.25, 0.3) is 11.0 Å². The fourth-order valence-corrected chi connectivity index (χ4v) is 3.56. The molecule has 0 amide bonds. The van der Waals surface area contributed by atoms with Gasteiger partial charge in [0.25, 0.3) is 5.56 Å². The zero-order valence-corrected chi connectivity index (χ0v) is 13.7. The lowest BCUT2D eigenvalue weighted by Gasteiger charge is -2.38. The van der Waals surface area contributed by atoms with Crippen molar-refractivity contribution in [2.45, 2.75) is 32.4 Å². The second kappa shape index (κ2) is 6.14. The highest BCUT2D eigenvalue weighted by atomic mass is 19.1. The number of nitrogens with one attached hydrogen (secondary N) is 2. The molecule has 1 aromatic carbocycles. The van der Waals surface area contributed by atoms with Crippen molar-refractivity contribution >= 4 is 11.0 Å². The van der Waals surface area contributed by atoms with Gasteiger partial charge < -0.3 is 15.0 Å². The molecule has 7 heteroatoms. The van der Waals surface area contributed by atoms with Gasteiger partial charge in [-0.1, -0.05) is 6.92 Å². The van der Waals surface area contributed by atoms with Gasteiger partial charge in [-0.05, 0) is 12.8 Å².